The van der Waals surface area contributed by atoms with Crippen molar-refractivity contribution in [1.82, 2.24) is 19.5 Å². The molecule has 2 aromatic carbocycles. The molecule has 1 aliphatic heterocycles. The van der Waals surface area contributed by atoms with Crippen LogP contribution in [0.3, 0.4) is 0 Å². The summed E-state index contributed by atoms with van der Waals surface area (Å²) in [6, 6.07) is 9.47. The molecule has 37 heavy (non-hydrogen) atoms. The molecule has 0 saturated carbocycles. The van der Waals surface area contributed by atoms with Gasteiger partial charge in [-0.05, 0) is 31.2 Å². The van der Waals surface area contributed by atoms with Crippen LogP contribution in [0.5, 0.6) is 17.2 Å². The van der Waals surface area contributed by atoms with Crippen LogP contribution in [0.1, 0.15) is 5.69 Å². The van der Waals surface area contributed by atoms with Crippen molar-refractivity contribution in [2.24, 2.45) is 0 Å². The normalized spacial score (nSPS) is 13.1. The quantitative estimate of drug-likeness (QED) is 0.333. The van der Waals surface area contributed by atoms with Gasteiger partial charge in [0.1, 0.15) is 12.4 Å². The maximum absolute atomic E-state index is 13.1. The number of methoxy groups -OCH3 is 1. The monoisotopic (exact) mass is 532 g/mol. The smallest absolute Gasteiger partial charge is 0.494 e. The highest BCUT2D eigenvalue weighted by molar-refractivity contribution is 6.30. The molecule has 0 aliphatic carbocycles. The number of nitrogens with zero attached hydrogens (tertiary/aromatic N) is 5. The van der Waals surface area contributed by atoms with E-state index >= 15 is 0 Å². The van der Waals surface area contributed by atoms with Crippen molar-refractivity contribution >= 4 is 34.7 Å². The first kappa shape index (κ1) is 24.5. The van der Waals surface area contributed by atoms with Gasteiger partial charge in [0.25, 0.3) is 0 Å². The number of imidazole rings is 1. The van der Waals surface area contributed by atoms with Crippen LogP contribution in [0.4, 0.5) is 36.3 Å². The van der Waals surface area contributed by atoms with Gasteiger partial charge >= 0.3 is 6.36 Å². The maximum atomic E-state index is 13.1. The summed E-state index contributed by atoms with van der Waals surface area (Å²) in [7, 11) is 1.56. The molecule has 0 atom stereocenters. The summed E-state index contributed by atoms with van der Waals surface area (Å²) in [5.74, 6) is 0.926. The van der Waals surface area contributed by atoms with Crippen LogP contribution >= 0.6 is 11.6 Å². The molecule has 0 fully saturated rings. The molecule has 0 spiro atoms. The van der Waals surface area contributed by atoms with Crippen LogP contribution in [-0.2, 0) is 0 Å². The molecule has 4 aromatic rings. The number of halogens is 4. The number of hydrogen-bond acceptors (Lipinski definition) is 8. The van der Waals surface area contributed by atoms with E-state index in [2.05, 4.69) is 25.0 Å². The van der Waals surface area contributed by atoms with Crippen LogP contribution in [0, 0.1) is 6.92 Å². The average molecular weight is 533 g/mol. The number of fused-ring (bicyclic) bond motifs is 1. The predicted molar refractivity (Wildman–Crippen MR) is 131 cm³/mol. The average Bonchev–Trinajstić information content (AvgIpc) is 3.29. The summed E-state index contributed by atoms with van der Waals surface area (Å²) in [5.41, 5.74) is 2.42. The van der Waals surface area contributed by atoms with Crippen molar-refractivity contribution in [3.8, 4) is 22.9 Å². The van der Waals surface area contributed by atoms with Gasteiger partial charge in [-0.15, -0.1) is 13.2 Å². The number of benzene rings is 2. The predicted octanol–water partition coefficient (Wildman–Crippen LogP) is 5.81. The molecule has 3 heterocycles. The second kappa shape index (κ2) is 9.69. The van der Waals surface area contributed by atoms with Crippen molar-refractivity contribution in [2.45, 2.75) is 13.3 Å². The lowest BCUT2D eigenvalue weighted by molar-refractivity contribution is -0.274. The van der Waals surface area contributed by atoms with E-state index in [1.165, 1.54) is 18.3 Å². The third-order valence-corrected chi connectivity index (χ3v) is 5.66. The largest absolute Gasteiger partial charge is 0.573 e. The van der Waals surface area contributed by atoms with Crippen LogP contribution < -0.4 is 24.4 Å². The van der Waals surface area contributed by atoms with E-state index in [1.807, 2.05) is 29.8 Å². The molecular formula is C24H20ClF3N6O3. The third kappa shape index (κ3) is 5.33. The molecule has 5 rings (SSSR count). The molecule has 9 nitrogen and oxygen atoms in total. The van der Waals surface area contributed by atoms with E-state index in [4.69, 9.17) is 21.1 Å². The highest BCUT2D eigenvalue weighted by atomic mass is 35.5. The summed E-state index contributed by atoms with van der Waals surface area (Å²) in [6.07, 6.45) is 0.124. The van der Waals surface area contributed by atoms with Gasteiger partial charge in [0.05, 0.1) is 43.2 Å². The van der Waals surface area contributed by atoms with Crippen LogP contribution in [0.15, 0.2) is 55.1 Å². The Bertz CT molecular complexity index is 1450. The third-order valence-electron chi connectivity index (χ3n) is 5.43. The lowest BCUT2D eigenvalue weighted by atomic mass is 10.2. The molecule has 2 aromatic heterocycles. The number of hydrogen-bond donors (Lipinski definition) is 1. The molecule has 0 bridgehead atoms. The van der Waals surface area contributed by atoms with Crippen LogP contribution in [-0.4, -0.2) is 46.1 Å². The van der Waals surface area contributed by atoms with Crippen molar-refractivity contribution in [3.63, 3.8) is 0 Å². The number of aryl methyl sites for hydroxylation is 1. The van der Waals surface area contributed by atoms with Crippen molar-refractivity contribution < 1.29 is 27.4 Å². The number of rotatable bonds is 6. The van der Waals surface area contributed by atoms with Crippen LogP contribution in [0.2, 0.25) is 5.02 Å². The van der Waals surface area contributed by atoms with Gasteiger partial charge in [-0.25, -0.2) is 9.97 Å². The molecule has 13 heteroatoms. The van der Waals surface area contributed by atoms with Gasteiger partial charge in [0, 0.05) is 29.0 Å². The topological polar surface area (TPSA) is 86.6 Å². The number of alkyl halides is 3. The second-order valence-corrected chi connectivity index (χ2v) is 8.41. The Labute approximate surface area is 214 Å². The minimum absolute atomic E-state index is 0.102. The summed E-state index contributed by atoms with van der Waals surface area (Å²) in [5, 5.41) is 3.21. The molecule has 0 saturated heterocycles. The SMILES string of the molecule is COc1cc(Nc2ncc3c(n2)N(c2ccc(Cl)cc2OC(F)(F)F)CCO3)ccc1-n1cnc(C)c1. The van der Waals surface area contributed by atoms with E-state index in [9.17, 15) is 13.2 Å². The zero-order chi connectivity index (χ0) is 26.2. The van der Waals surface area contributed by atoms with Gasteiger partial charge in [0.15, 0.2) is 17.3 Å². The van der Waals surface area contributed by atoms with Gasteiger partial charge < -0.3 is 29.0 Å². The Kier molecular flexibility index (Phi) is 6.42. The summed E-state index contributed by atoms with van der Waals surface area (Å²) >= 11 is 5.94. The number of nitrogens with one attached hydrogen (secondary N) is 1. The molecule has 1 N–H and O–H groups in total. The zero-order valence-electron chi connectivity index (χ0n) is 19.6. The van der Waals surface area contributed by atoms with E-state index in [0.29, 0.717) is 17.2 Å². The Morgan fingerprint density at radius 1 is 1.08 bits per heavy atom. The van der Waals surface area contributed by atoms with E-state index < -0.39 is 12.1 Å². The first-order valence-corrected chi connectivity index (χ1v) is 11.4. The second-order valence-electron chi connectivity index (χ2n) is 7.98. The van der Waals surface area contributed by atoms with Gasteiger partial charge in [-0.3, -0.25) is 0 Å². The summed E-state index contributed by atoms with van der Waals surface area (Å²) in [4.78, 5) is 14.6. The zero-order valence-corrected chi connectivity index (χ0v) is 20.3. The Morgan fingerprint density at radius 3 is 2.62 bits per heavy atom. The number of anilines is 4. The molecular weight excluding hydrogens is 513 g/mol. The highest BCUT2D eigenvalue weighted by Crippen LogP contribution is 2.42. The molecule has 0 unspecified atom stereocenters. The molecule has 1 aliphatic rings. The molecule has 0 amide bonds. The summed E-state index contributed by atoms with van der Waals surface area (Å²) in [6.45, 7) is 2.33. The van der Waals surface area contributed by atoms with Crippen LogP contribution in [0.25, 0.3) is 5.69 Å². The summed E-state index contributed by atoms with van der Waals surface area (Å²) < 4.78 is 56.4. The van der Waals surface area contributed by atoms with Crippen molar-refractivity contribution in [3.05, 3.63) is 65.8 Å². The van der Waals surface area contributed by atoms with Crippen molar-refractivity contribution in [1.29, 1.82) is 0 Å². The Balaban J connectivity index is 1.47. The fourth-order valence-corrected chi connectivity index (χ4v) is 4.03. The van der Waals surface area contributed by atoms with Gasteiger partial charge in [-0.2, -0.15) is 4.98 Å². The van der Waals surface area contributed by atoms with Crippen molar-refractivity contribution in [2.75, 3.05) is 30.5 Å². The standard InChI is InChI=1S/C24H20ClF3N6O3/c1-14-12-33(13-30-14)17-6-4-16(10-19(17)35-2)31-23-29-11-21-22(32-23)34(7-8-36-21)18-5-3-15(25)9-20(18)37-24(26,27)28/h3-6,9-13H,7-8H2,1-2H3,(H,29,31,32). The first-order chi connectivity index (χ1) is 17.7. The van der Waals surface area contributed by atoms with E-state index in [-0.39, 0.29) is 35.6 Å². The Morgan fingerprint density at radius 2 is 1.89 bits per heavy atom. The highest BCUT2D eigenvalue weighted by Gasteiger charge is 2.34. The lowest BCUT2D eigenvalue weighted by Gasteiger charge is -2.31. The fourth-order valence-electron chi connectivity index (χ4n) is 3.87. The minimum atomic E-state index is -4.90. The Hall–Kier alpha value is -4.19. The van der Waals surface area contributed by atoms with E-state index in [1.54, 1.807) is 24.4 Å². The molecule has 0 radical (unpaired) electrons. The number of aromatic nitrogens is 4. The lowest BCUT2D eigenvalue weighted by Crippen LogP contribution is -2.31. The fraction of sp³-hybridized carbons (Fsp3) is 0.208. The number of ether oxygens (including phenoxy) is 3. The van der Waals surface area contributed by atoms with Gasteiger partial charge in [-0.1, -0.05) is 11.6 Å². The minimum Gasteiger partial charge on any atom is -0.494 e. The molecule has 192 valence electrons. The first-order valence-electron chi connectivity index (χ1n) is 11.0. The maximum Gasteiger partial charge on any atom is 0.573 e. The van der Waals surface area contributed by atoms with E-state index in [0.717, 1.165) is 17.4 Å². The van der Waals surface area contributed by atoms with Gasteiger partial charge in [0.2, 0.25) is 5.95 Å².